The summed E-state index contributed by atoms with van der Waals surface area (Å²) in [6.07, 6.45) is 1.05. The van der Waals surface area contributed by atoms with Gasteiger partial charge in [0.25, 0.3) is 5.91 Å². The number of hydrogen-bond acceptors (Lipinski definition) is 4. The fourth-order valence-corrected chi connectivity index (χ4v) is 2.30. The Bertz CT molecular complexity index is 615. The lowest BCUT2D eigenvalue weighted by atomic mass is 10.2. The molecule has 1 atom stereocenters. The van der Waals surface area contributed by atoms with Crippen LogP contribution in [0.1, 0.15) is 34.0 Å². The lowest BCUT2D eigenvalue weighted by molar-refractivity contribution is 0.0934. The van der Waals surface area contributed by atoms with Crippen molar-refractivity contribution in [2.45, 2.75) is 19.9 Å². The third-order valence-electron chi connectivity index (χ3n) is 2.45. The predicted molar refractivity (Wildman–Crippen MR) is 66.9 cm³/mol. The molecule has 0 bridgehead atoms. The molecule has 1 amide bonds. The highest BCUT2D eigenvalue weighted by Gasteiger charge is 2.19. The lowest BCUT2D eigenvalue weighted by Crippen LogP contribution is -2.27. The zero-order valence-corrected chi connectivity index (χ0v) is 11.1. The van der Waals surface area contributed by atoms with Gasteiger partial charge < -0.3 is 5.32 Å². The smallest absolute Gasteiger partial charge is 0.255 e. The highest BCUT2D eigenvalue weighted by Crippen LogP contribution is 2.18. The summed E-state index contributed by atoms with van der Waals surface area (Å²) in [5.74, 6) is -3.23. The van der Waals surface area contributed by atoms with Crippen LogP contribution in [0.2, 0.25) is 0 Å². The van der Waals surface area contributed by atoms with Gasteiger partial charge in [0.2, 0.25) is 5.95 Å². The molecule has 0 aliphatic rings. The van der Waals surface area contributed by atoms with E-state index < -0.39 is 17.7 Å². The minimum Gasteiger partial charge on any atom is -0.343 e. The van der Waals surface area contributed by atoms with Gasteiger partial charge >= 0.3 is 0 Å². The Morgan fingerprint density at radius 3 is 2.84 bits per heavy atom. The highest BCUT2D eigenvalue weighted by atomic mass is 32.1. The molecule has 2 rings (SSSR count). The number of amides is 1. The van der Waals surface area contributed by atoms with Gasteiger partial charge in [0.05, 0.1) is 11.6 Å². The molecule has 0 aromatic carbocycles. The van der Waals surface area contributed by atoms with E-state index in [0.29, 0.717) is 5.01 Å². The number of carbonyl (C=O) groups excluding carboxylic acids is 1. The molecule has 0 fully saturated rings. The predicted octanol–water partition coefficient (Wildman–Crippen LogP) is 2.62. The number of halogens is 2. The molecule has 2 heterocycles. The van der Waals surface area contributed by atoms with Crippen molar-refractivity contribution in [3.05, 3.63) is 45.7 Å². The molecule has 0 aliphatic heterocycles. The summed E-state index contributed by atoms with van der Waals surface area (Å²) in [5.41, 5.74) is 0.481. The van der Waals surface area contributed by atoms with Gasteiger partial charge in [-0.1, -0.05) is 0 Å². The van der Waals surface area contributed by atoms with E-state index in [2.05, 4.69) is 15.3 Å². The quantitative estimate of drug-likeness (QED) is 0.881. The topological polar surface area (TPSA) is 54.9 Å². The Balaban J connectivity index is 2.15. The van der Waals surface area contributed by atoms with Crippen LogP contribution >= 0.6 is 11.3 Å². The average Bonchev–Trinajstić information content (AvgIpc) is 2.79. The first-order valence-corrected chi connectivity index (χ1v) is 6.40. The molecule has 2 aromatic rings. The third-order valence-corrected chi connectivity index (χ3v) is 3.59. The van der Waals surface area contributed by atoms with Crippen LogP contribution in [0.25, 0.3) is 0 Å². The van der Waals surface area contributed by atoms with Crippen molar-refractivity contribution in [1.82, 2.24) is 15.3 Å². The molecule has 0 saturated carbocycles. The molecular formula is C12H11F2N3OS. The maximum absolute atomic E-state index is 13.4. The molecule has 0 radical (unpaired) electrons. The van der Waals surface area contributed by atoms with Gasteiger partial charge in [-0.25, -0.2) is 14.4 Å². The van der Waals surface area contributed by atoms with E-state index in [4.69, 9.17) is 0 Å². The monoisotopic (exact) mass is 283 g/mol. The van der Waals surface area contributed by atoms with E-state index in [1.165, 1.54) is 11.3 Å². The molecule has 7 heteroatoms. The minimum atomic E-state index is -1.29. The van der Waals surface area contributed by atoms with Crippen LogP contribution in [0.15, 0.2) is 17.6 Å². The lowest BCUT2D eigenvalue weighted by Gasteiger charge is -2.11. The molecule has 1 unspecified atom stereocenters. The number of pyridine rings is 1. The maximum atomic E-state index is 13.4. The number of rotatable bonds is 3. The first kappa shape index (κ1) is 13.5. The SMILES string of the molecule is Cc1csc(C(C)NC(=O)c2ccnc(F)c2F)n1. The number of hydrogen-bond donors (Lipinski definition) is 1. The average molecular weight is 283 g/mol. The Labute approximate surface area is 112 Å². The summed E-state index contributed by atoms with van der Waals surface area (Å²) in [6, 6.07) is 0.759. The van der Waals surface area contributed by atoms with Gasteiger partial charge in [-0.3, -0.25) is 4.79 Å². The number of aromatic nitrogens is 2. The first-order valence-electron chi connectivity index (χ1n) is 5.52. The van der Waals surface area contributed by atoms with E-state index in [-0.39, 0.29) is 11.6 Å². The standard InChI is InChI=1S/C12H11F2N3OS/c1-6-5-19-12(16-6)7(2)17-11(18)8-3-4-15-10(14)9(8)13/h3-5,7H,1-2H3,(H,17,18). The summed E-state index contributed by atoms with van der Waals surface area (Å²) >= 11 is 1.40. The van der Waals surface area contributed by atoms with Crippen LogP contribution in [-0.2, 0) is 0 Å². The van der Waals surface area contributed by atoms with Crippen LogP contribution < -0.4 is 5.32 Å². The third kappa shape index (κ3) is 2.93. The Hall–Kier alpha value is -1.89. The zero-order chi connectivity index (χ0) is 14.0. The number of aryl methyl sites for hydroxylation is 1. The second-order valence-corrected chi connectivity index (χ2v) is 4.88. The van der Waals surface area contributed by atoms with Gasteiger partial charge in [-0.2, -0.15) is 4.39 Å². The number of nitrogens with one attached hydrogen (secondary N) is 1. The number of carbonyl (C=O) groups is 1. The van der Waals surface area contributed by atoms with E-state index in [1.54, 1.807) is 6.92 Å². The van der Waals surface area contributed by atoms with Gasteiger partial charge in [0.1, 0.15) is 5.01 Å². The molecule has 19 heavy (non-hydrogen) atoms. The fraction of sp³-hybridized carbons (Fsp3) is 0.250. The molecule has 1 N–H and O–H groups in total. The molecule has 0 spiro atoms. The normalized spacial score (nSPS) is 12.2. The second kappa shape index (κ2) is 5.40. The Morgan fingerprint density at radius 1 is 1.47 bits per heavy atom. The minimum absolute atomic E-state index is 0.368. The van der Waals surface area contributed by atoms with Crippen LogP contribution in [0, 0.1) is 18.7 Å². The second-order valence-electron chi connectivity index (χ2n) is 3.99. The van der Waals surface area contributed by atoms with Crippen LogP contribution in [-0.4, -0.2) is 15.9 Å². The molecule has 0 aliphatic carbocycles. The maximum Gasteiger partial charge on any atom is 0.255 e. The van der Waals surface area contributed by atoms with Gasteiger partial charge in [-0.15, -0.1) is 11.3 Å². The number of thiazole rings is 1. The van der Waals surface area contributed by atoms with Crippen molar-refractivity contribution >= 4 is 17.2 Å². The van der Waals surface area contributed by atoms with Crippen molar-refractivity contribution in [3.63, 3.8) is 0 Å². The van der Waals surface area contributed by atoms with Crippen LogP contribution in [0.4, 0.5) is 8.78 Å². The summed E-state index contributed by atoms with van der Waals surface area (Å²) in [5, 5.41) is 5.13. The number of nitrogens with zero attached hydrogens (tertiary/aromatic N) is 2. The van der Waals surface area contributed by atoms with E-state index in [9.17, 15) is 13.6 Å². The summed E-state index contributed by atoms with van der Waals surface area (Å²) in [7, 11) is 0. The van der Waals surface area contributed by atoms with Crippen molar-refractivity contribution in [1.29, 1.82) is 0 Å². The molecule has 100 valence electrons. The van der Waals surface area contributed by atoms with Gasteiger partial charge in [0, 0.05) is 17.3 Å². The summed E-state index contributed by atoms with van der Waals surface area (Å²) < 4.78 is 26.3. The van der Waals surface area contributed by atoms with Crippen molar-refractivity contribution < 1.29 is 13.6 Å². The van der Waals surface area contributed by atoms with Crippen molar-refractivity contribution in [2.24, 2.45) is 0 Å². The van der Waals surface area contributed by atoms with Crippen molar-refractivity contribution in [2.75, 3.05) is 0 Å². The van der Waals surface area contributed by atoms with Crippen molar-refractivity contribution in [3.8, 4) is 0 Å². The molecule has 2 aromatic heterocycles. The summed E-state index contributed by atoms with van der Waals surface area (Å²) in [6.45, 7) is 3.57. The highest BCUT2D eigenvalue weighted by molar-refractivity contribution is 7.09. The zero-order valence-electron chi connectivity index (χ0n) is 10.3. The Kier molecular flexibility index (Phi) is 3.84. The first-order chi connectivity index (χ1) is 8.99. The van der Waals surface area contributed by atoms with Gasteiger partial charge in [-0.05, 0) is 19.9 Å². The van der Waals surface area contributed by atoms with E-state index in [0.717, 1.165) is 18.0 Å². The Morgan fingerprint density at radius 2 is 2.21 bits per heavy atom. The van der Waals surface area contributed by atoms with Crippen LogP contribution in [0.3, 0.4) is 0 Å². The molecular weight excluding hydrogens is 272 g/mol. The molecule has 0 saturated heterocycles. The molecule has 4 nitrogen and oxygen atoms in total. The summed E-state index contributed by atoms with van der Waals surface area (Å²) in [4.78, 5) is 19.2. The van der Waals surface area contributed by atoms with Crippen LogP contribution in [0.5, 0.6) is 0 Å². The van der Waals surface area contributed by atoms with Gasteiger partial charge in [0.15, 0.2) is 5.82 Å². The van der Waals surface area contributed by atoms with E-state index in [1.807, 2.05) is 12.3 Å². The largest absolute Gasteiger partial charge is 0.343 e. The fourth-order valence-electron chi connectivity index (χ4n) is 1.50. The van der Waals surface area contributed by atoms with E-state index >= 15 is 0 Å².